The van der Waals surface area contributed by atoms with Gasteiger partial charge in [-0.05, 0) is 37.5 Å². The highest BCUT2D eigenvalue weighted by Crippen LogP contribution is 2.29. The first-order valence-electron chi connectivity index (χ1n) is 5.92. The van der Waals surface area contributed by atoms with E-state index in [4.69, 9.17) is 5.73 Å². The van der Waals surface area contributed by atoms with E-state index in [1.807, 2.05) is 18.2 Å². The van der Waals surface area contributed by atoms with Gasteiger partial charge in [-0.15, -0.1) is 0 Å². The number of nitriles is 1. The van der Waals surface area contributed by atoms with Crippen LogP contribution in [-0.4, -0.2) is 19.1 Å². The molecule has 1 aromatic carbocycles. The summed E-state index contributed by atoms with van der Waals surface area (Å²) in [5, 5.41) is 9.18. The minimum atomic E-state index is 0.366. The molecule has 90 valence electrons. The van der Waals surface area contributed by atoms with Gasteiger partial charge in [-0.25, -0.2) is 0 Å². The first-order chi connectivity index (χ1) is 8.26. The minimum Gasteiger partial charge on any atom is -0.366 e. The van der Waals surface area contributed by atoms with Gasteiger partial charge in [-0.3, -0.25) is 0 Å². The Morgan fingerprint density at radius 1 is 1.47 bits per heavy atom. The molecular formula is C13H16BrN3. The van der Waals surface area contributed by atoms with E-state index in [9.17, 15) is 5.26 Å². The average Bonchev–Trinajstić information content (AvgIpc) is 2.38. The van der Waals surface area contributed by atoms with E-state index in [1.165, 1.54) is 12.8 Å². The van der Waals surface area contributed by atoms with Crippen LogP contribution >= 0.6 is 15.9 Å². The topological polar surface area (TPSA) is 53.0 Å². The molecule has 0 amide bonds. The van der Waals surface area contributed by atoms with Crippen molar-refractivity contribution in [3.63, 3.8) is 0 Å². The van der Waals surface area contributed by atoms with Gasteiger partial charge >= 0.3 is 0 Å². The van der Waals surface area contributed by atoms with Crippen LogP contribution in [0.15, 0.2) is 22.7 Å². The molecule has 4 heteroatoms. The number of hydrogen-bond donors (Lipinski definition) is 1. The van der Waals surface area contributed by atoms with Crippen LogP contribution in [0.25, 0.3) is 0 Å². The number of nitrogens with two attached hydrogens (primary N) is 1. The molecule has 17 heavy (non-hydrogen) atoms. The van der Waals surface area contributed by atoms with E-state index in [0.29, 0.717) is 12.6 Å². The van der Waals surface area contributed by atoms with Gasteiger partial charge in [0.05, 0.1) is 11.3 Å². The van der Waals surface area contributed by atoms with Crippen LogP contribution in [0.2, 0.25) is 0 Å². The van der Waals surface area contributed by atoms with Gasteiger partial charge in [0, 0.05) is 23.6 Å². The van der Waals surface area contributed by atoms with Crippen molar-refractivity contribution in [2.24, 2.45) is 5.73 Å². The Morgan fingerprint density at radius 3 is 3.00 bits per heavy atom. The van der Waals surface area contributed by atoms with Crippen molar-refractivity contribution in [2.75, 3.05) is 18.0 Å². The number of anilines is 1. The van der Waals surface area contributed by atoms with Crippen LogP contribution < -0.4 is 10.6 Å². The molecule has 0 radical (unpaired) electrons. The third kappa shape index (κ3) is 2.62. The highest BCUT2D eigenvalue weighted by Gasteiger charge is 2.23. The monoisotopic (exact) mass is 293 g/mol. The second kappa shape index (κ2) is 5.52. The summed E-state index contributed by atoms with van der Waals surface area (Å²) in [6, 6.07) is 8.42. The summed E-state index contributed by atoms with van der Waals surface area (Å²) in [7, 11) is 0. The normalized spacial score (nSPS) is 20.1. The molecule has 1 heterocycles. The van der Waals surface area contributed by atoms with Crippen LogP contribution in [-0.2, 0) is 0 Å². The number of nitrogens with zero attached hydrogens (tertiary/aromatic N) is 2. The first kappa shape index (κ1) is 12.4. The Hall–Kier alpha value is -1.05. The van der Waals surface area contributed by atoms with Crippen LogP contribution in [0.5, 0.6) is 0 Å². The third-order valence-electron chi connectivity index (χ3n) is 3.29. The second-order valence-electron chi connectivity index (χ2n) is 4.35. The number of rotatable bonds is 2. The molecule has 1 saturated heterocycles. The predicted octanol–water partition coefficient (Wildman–Crippen LogP) is 2.64. The van der Waals surface area contributed by atoms with Gasteiger partial charge in [0.2, 0.25) is 0 Å². The number of halogens is 1. The van der Waals surface area contributed by atoms with E-state index in [0.717, 1.165) is 28.7 Å². The molecule has 3 nitrogen and oxygen atoms in total. The van der Waals surface area contributed by atoms with Crippen molar-refractivity contribution >= 4 is 21.6 Å². The molecule has 1 unspecified atom stereocenters. The number of hydrogen-bond acceptors (Lipinski definition) is 3. The van der Waals surface area contributed by atoms with Gasteiger partial charge < -0.3 is 10.6 Å². The molecule has 0 spiro atoms. The van der Waals surface area contributed by atoms with Crippen molar-refractivity contribution in [3.05, 3.63) is 28.2 Å². The van der Waals surface area contributed by atoms with E-state index < -0.39 is 0 Å². The lowest BCUT2D eigenvalue weighted by Gasteiger charge is -2.37. The highest BCUT2D eigenvalue weighted by molar-refractivity contribution is 9.10. The second-order valence-corrected chi connectivity index (χ2v) is 5.27. The molecule has 1 atom stereocenters. The third-order valence-corrected chi connectivity index (χ3v) is 3.78. The van der Waals surface area contributed by atoms with Gasteiger partial charge in [-0.1, -0.05) is 15.9 Å². The van der Waals surface area contributed by atoms with Gasteiger partial charge in [0.25, 0.3) is 0 Å². The largest absolute Gasteiger partial charge is 0.366 e. The van der Waals surface area contributed by atoms with E-state index in [-0.39, 0.29) is 0 Å². The van der Waals surface area contributed by atoms with Crippen LogP contribution in [0.3, 0.4) is 0 Å². The summed E-state index contributed by atoms with van der Waals surface area (Å²) >= 11 is 3.47. The van der Waals surface area contributed by atoms with Gasteiger partial charge in [0.15, 0.2) is 0 Å². The Labute approximate surface area is 110 Å². The molecule has 0 bridgehead atoms. The molecule has 0 aromatic heterocycles. The van der Waals surface area contributed by atoms with Crippen LogP contribution in [0.1, 0.15) is 24.8 Å². The summed E-state index contributed by atoms with van der Waals surface area (Å²) in [5.74, 6) is 0. The lowest BCUT2D eigenvalue weighted by Crippen LogP contribution is -2.44. The zero-order valence-electron chi connectivity index (χ0n) is 9.69. The summed E-state index contributed by atoms with van der Waals surface area (Å²) in [6.07, 6.45) is 3.52. The Kier molecular flexibility index (Phi) is 4.03. The molecular weight excluding hydrogens is 278 g/mol. The smallest absolute Gasteiger partial charge is 0.101 e. The zero-order chi connectivity index (χ0) is 12.3. The molecule has 0 aliphatic carbocycles. The van der Waals surface area contributed by atoms with Crippen molar-refractivity contribution in [3.8, 4) is 6.07 Å². The highest BCUT2D eigenvalue weighted by atomic mass is 79.9. The summed E-state index contributed by atoms with van der Waals surface area (Å²) < 4.78 is 1.01. The standard InChI is InChI=1S/C13H16BrN3/c14-11-5-4-10(8-15)13(7-11)17-6-2-1-3-12(17)9-16/h4-5,7,12H,1-3,6,9,16H2. The Balaban J connectivity index is 2.37. The molecule has 0 saturated carbocycles. The Morgan fingerprint density at radius 2 is 2.29 bits per heavy atom. The molecule has 1 aliphatic rings. The fourth-order valence-electron chi connectivity index (χ4n) is 2.40. The molecule has 1 aliphatic heterocycles. The minimum absolute atomic E-state index is 0.366. The maximum Gasteiger partial charge on any atom is 0.101 e. The summed E-state index contributed by atoms with van der Waals surface area (Å²) in [4.78, 5) is 2.28. The van der Waals surface area contributed by atoms with E-state index in [2.05, 4.69) is 26.9 Å². The van der Waals surface area contributed by atoms with Crippen LogP contribution in [0.4, 0.5) is 5.69 Å². The lowest BCUT2D eigenvalue weighted by molar-refractivity contribution is 0.465. The molecule has 2 rings (SSSR count). The predicted molar refractivity (Wildman–Crippen MR) is 72.9 cm³/mol. The van der Waals surface area contributed by atoms with Crippen molar-refractivity contribution in [1.29, 1.82) is 5.26 Å². The van der Waals surface area contributed by atoms with Gasteiger partial charge in [-0.2, -0.15) is 5.26 Å². The molecule has 1 aromatic rings. The Bertz CT molecular complexity index is 439. The van der Waals surface area contributed by atoms with Crippen molar-refractivity contribution < 1.29 is 0 Å². The number of benzene rings is 1. The van der Waals surface area contributed by atoms with Crippen molar-refractivity contribution in [2.45, 2.75) is 25.3 Å². The van der Waals surface area contributed by atoms with E-state index in [1.54, 1.807) is 0 Å². The molecule has 2 N–H and O–H groups in total. The maximum atomic E-state index is 9.18. The zero-order valence-corrected chi connectivity index (χ0v) is 11.3. The van der Waals surface area contributed by atoms with E-state index >= 15 is 0 Å². The maximum absolute atomic E-state index is 9.18. The lowest BCUT2D eigenvalue weighted by atomic mass is 10.00. The van der Waals surface area contributed by atoms with Crippen LogP contribution in [0, 0.1) is 11.3 Å². The quantitative estimate of drug-likeness (QED) is 0.912. The van der Waals surface area contributed by atoms with Gasteiger partial charge in [0.1, 0.15) is 6.07 Å². The first-order valence-corrected chi connectivity index (χ1v) is 6.72. The fourth-order valence-corrected chi connectivity index (χ4v) is 2.75. The fraction of sp³-hybridized carbons (Fsp3) is 0.462. The summed E-state index contributed by atoms with van der Waals surface area (Å²) in [6.45, 7) is 1.64. The number of piperidine rings is 1. The average molecular weight is 294 g/mol. The SMILES string of the molecule is N#Cc1ccc(Br)cc1N1CCCCC1CN. The summed E-state index contributed by atoms with van der Waals surface area (Å²) in [5.41, 5.74) is 7.57. The van der Waals surface area contributed by atoms with Crippen molar-refractivity contribution in [1.82, 2.24) is 0 Å². The molecule has 1 fully saturated rings.